The number of sulfonamides is 1. The molecule has 1 fully saturated rings. The predicted octanol–water partition coefficient (Wildman–Crippen LogP) is 2.31. The van der Waals surface area contributed by atoms with Crippen LogP contribution in [0.15, 0.2) is 23.4 Å². The molecule has 19 heavy (non-hydrogen) atoms. The second-order valence-electron chi connectivity index (χ2n) is 4.75. The molecule has 4 nitrogen and oxygen atoms in total. The van der Waals surface area contributed by atoms with Crippen LogP contribution in [0.3, 0.4) is 0 Å². The molecule has 1 aliphatic carbocycles. The first-order valence-corrected chi connectivity index (χ1v) is 8.81. The van der Waals surface area contributed by atoms with Crippen LogP contribution in [0.1, 0.15) is 19.3 Å². The molecule has 0 aromatic carbocycles. The molecule has 0 radical (unpaired) electrons. The Morgan fingerprint density at radius 2 is 2.16 bits per heavy atom. The fourth-order valence-electron chi connectivity index (χ4n) is 2.44. The van der Waals surface area contributed by atoms with Crippen molar-refractivity contribution in [3.63, 3.8) is 0 Å². The zero-order chi connectivity index (χ0) is 13.9. The lowest BCUT2D eigenvalue weighted by atomic mass is 9.99. The average molecular weight is 351 g/mol. The summed E-state index contributed by atoms with van der Waals surface area (Å²) in [5.41, 5.74) is 0. The lowest BCUT2D eigenvalue weighted by Crippen LogP contribution is -2.32. The van der Waals surface area contributed by atoms with Gasteiger partial charge in [-0.1, -0.05) is 22.4 Å². The maximum Gasteiger partial charge on any atom is 0.261 e. The van der Waals surface area contributed by atoms with E-state index in [9.17, 15) is 12.8 Å². The molecule has 106 valence electrons. The molecule has 0 amide bonds. The zero-order valence-electron chi connectivity index (χ0n) is 10.4. The van der Waals surface area contributed by atoms with Gasteiger partial charge in [-0.05, 0) is 36.8 Å². The Balaban J connectivity index is 2.04. The summed E-state index contributed by atoms with van der Waals surface area (Å²) in [6, 6.07) is 2.46. The molecule has 0 bridgehead atoms. The Labute approximate surface area is 121 Å². The second kappa shape index (κ2) is 6.28. The summed E-state index contributed by atoms with van der Waals surface area (Å²) in [6.07, 6.45) is 4.49. The first-order chi connectivity index (χ1) is 9.04. The molecule has 2 rings (SSSR count). The highest BCUT2D eigenvalue weighted by molar-refractivity contribution is 9.09. The molecular formula is C12H16BrFN2O2S. The molecule has 1 N–H and O–H groups in total. The molecule has 1 aromatic heterocycles. The summed E-state index contributed by atoms with van der Waals surface area (Å²) in [6.45, 7) is 0.342. The molecule has 1 aromatic rings. The highest BCUT2D eigenvalue weighted by Crippen LogP contribution is 2.32. The Morgan fingerprint density at radius 3 is 2.84 bits per heavy atom. The van der Waals surface area contributed by atoms with Gasteiger partial charge < -0.3 is 0 Å². The quantitative estimate of drug-likeness (QED) is 0.829. The van der Waals surface area contributed by atoms with Crippen molar-refractivity contribution >= 4 is 26.0 Å². The monoisotopic (exact) mass is 350 g/mol. The smallest absolute Gasteiger partial charge is 0.241 e. The summed E-state index contributed by atoms with van der Waals surface area (Å²) in [5, 5.41) is 0.348. The fourth-order valence-corrected chi connectivity index (χ4v) is 4.39. The van der Waals surface area contributed by atoms with Crippen molar-refractivity contribution in [2.75, 3.05) is 11.9 Å². The van der Waals surface area contributed by atoms with E-state index in [0.29, 0.717) is 18.4 Å². The van der Waals surface area contributed by atoms with Gasteiger partial charge in [0.25, 0.3) is 10.0 Å². The van der Waals surface area contributed by atoms with Gasteiger partial charge in [0, 0.05) is 18.1 Å². The van der Waals surface area contributed by atoms with Crippen molar-refractivity contribution in [2.24, 2.45) is 11.8 Å². The van der Waals surface area contributed by atoms with Gasteiger partial charge in [-0.15, -0.1) is 0 Å². The van der Waals surface area contributed by atoms with E-state index in [4.69, 9.17) is 0 Å². The van der Waals surface area contributed by atoms with Crippen LogP contribution in [-0.2, 0) is 10.0 Å². The van der Waals surface area contributed by atoms with Crippen LogP contribution in [0.5, 0.6) is 0 Å². The largest absolute Gasteiger partial charge is 0.261 e. The van der Waals surface area contributed by atoms with E-state index < -0.39 is 20.9 Å². The standard InChI is InChI=1S/C12H16BrFN2O2S/c13-7-9-3-1-4-10(9)8-16-19(17,18)12-11(14)5-2-6-15-12/h2,5-6,9-10,16H,1,3-4,7-8H2. The number of rotatable bonds is 5. The minimum atomic E-state index is -3.86. The number of halogens is 2. The van der Waals surface area contributed by atoms with Gasteiger partial charge in [-0.2, -0.15) is 0 Å². The summed E-state index contributed by atoms with van der Waals surface area (Å²) in [5.74, 6) is -0.0318. The van der Waals surface area contributed by atoms with Crippen molar-refractivity contribution in [3.8, 4) is 0 Å². The molecule has 2 unspecified atom stereocenters. The Kier molecular flexibility index (Phi) is 4.92. The lowest BCUT2D eigenvalue weighted by Gasteiger charge is -2.17. The Morgan fingerprint density at radius 1 is 1.42 bits per heavy atom. The number of nitrogens with one attached hydrogen (secondary N) is 1. The van der Waals surface area contributed by atoms with Gasteiger partial charge in [0.1, 0.15) is 0 Å². The SMILES string of the molecule is O=S(=O)(NCC1CCCC1CBr)c1ncccc1F. The van der Waals surface area contributed by atoms with Crippen LogP contribution in [0.25, 0.3) is 0 Å². The maximum absolute atomic E-state index is 13.4. The molecular weight excluding hydrogens is 335 g/mol. The van der Waals surface area contributed by atoms with Crippen molar-refractivity contribution in [3.05, 3.63) is 24.1 Å². The highest BCUT2D eigenvalue weighted by Gasteiger charge is 2.28. The van der Waals surface area contributed by atoms with E-state index in [1.165, 1.54) is 12.3 Å². The van der Waals surface area contributed by atoms with Gasteiger partial charge >= 0.3 is 0 Å². The van der Waals surface area contributed by atoms with Crippen LogP contribution in [0.2, 0.25) is 0 Å². The first-order valence-electron chi connectivity index (χ1n) is 6.20. The number of hydrogen-bond donors (Lipinski definition) is 1. The topological polar surface area (TPSA) is 59.1 Å². The van der Waals surface area contributed by atoms with Crippen LogP contribution in [0.4, 0.5) is 4.39 Å². The summed E-state index contributed by atoms with van der Waals surface area (Å²) in [4.78, 5) is 3.60. The average Bonchev–Trinajstić information content (AvgIpc) is 2.84. The molecule has 2 atom stereocenters. The number of nitrogens with zero attached hydrogens (tertiary/aromatic N) is 1. The summed E-state index contributed by atoms with van der Waals surface area (Å²) < 4.78 is 39.9. The maximum atomic E-state index is 13.4. The molecule has 0 saturated heterocycles. The number of pyridine rings is 1. The molecule has 0 spiro atoms. The van der Waals surface area contributed by atoms with Crippen molar-refractivity contribution < 1.29 is 12.8 Å². The van der Waals surface area contributed by atoms with Crippen LogP contribution >= 0.6 is 15.9 Å². The van der Waals surface area contributed by atoms with Gasteiger partial charge in [-0.25, -0.2) is 22.5 Å². The molecule has 7 heteroatoms. The molecule has 1 heterocycles. The van der Waals surface area contributed by atoms with Crippen molar-refractivity contribution in [2.45, 2.75) is 24.3 Å². The predicted molar refractivity (Wildman–Crippen MR) is 74.0 cm³/mol. The van der Waals surface area contributed by atoms with Gasteiger partial charge in [0.05, 0.1) is 0 Å². The van der Waals surface area contributed by atoms with Crippen molar-refractivity contribution in [1.82, 2.24) is 9.71 Å². The van der Waals surface area contributed by atoms with E-state index >= 15 is 0 Å². The first kappa shape index (κ1) is 14.9. The highest BCUT2D eigenvalue weighted by atomic mass is 79.9. The van der Waals surface area contributed by atoms with E-state index in [0.717, 1.165) is 30.7 Å². The van der Waals surface area contributed by atoms with Crippen molar-refractivity contribution in [1.29, 1.82) is 0 Å². The van der Waals surface area contributed by atoms with E-state index in [1.54, 1.807) is 0 Å². The van der Waals surface area contributed by atoms with Gasteiger partial charge in [0.2, 0.25) is 5.03 Å². The molecule has 0 aliphatic heterocycles. The van der Waals surface area contributed by atoms with E-state index in [2.05, 4.69) is 25.6 Å². The normalized spacial score (nSPS) is 23.7. The van der Waals surface area contributed by atoms with Crippen LogP contribution in [0, 0.1) is 17.7 Å². The van der Waals surface area contributed by atoms with E-state index in [-0.39, 0.29) is 0 Å². The zero-order valence-corrected chi connectivity index (χ0v) is 12.8. The van der Waals surface area contributed by atoms with Gasteiger partial charge in [-0.3, -0.25) is 0 Å². The fraction of sp³-hybridized carbons (Fsp3) is 0.583. The van der Waals surface area contributed by atoms with Crippen LogP contribution in [-0.4, -0.2) is 25.3 Å². The van der Waals surface area contributed by atoms with E-state index in [1.807, 2.05) is 0 Å². The Hall–Kier alpha value is -0.530. The lowest BCUT2D eigenvalue weighted by molar-refractivity contribution is 0.421. The molecule has 1 aliphatic rings. The second-order valence-corrected chi connectivity index (χ2v) is 7.08. The minimum Gasteiger partial charge on any atom is -0.241 e. The summed E-state index contributed by atoms with van der Waals surface area (Å²) in [7, 11) is -3.86. The van der Waals surface area contributed by atoms with Crippen LogP contribution < -0.4 is 4.72 Å². The molecule has 1 saturated carbocycles. The Bertz CT molecular complexity index is 538. The third-order valence-corrected chi connectivity index (χ3v) is 5.72. The summed E-state index contributed by atoms with van der Waals surface area (Å²) >= 11 is 3.44. The third kappa shape index (κ3) is 3.52. The minimum absolute atomic E-state index is 0.306. The number of aromatic nitrogens is 1. The number of hydrogen-bond acceptors (Lipinski definition) is 3. The van der Waals surface area contributed by atoms with Gasteiger partial charge in [0.15, 0.2) is 5.82 Å². The third-order valence-electron chi connectivity index (χ3n) is 3.53. The number of alkyl halides is 1.